The summed E-state index contributed by atoms with van der Waals surface area (Å²) >= 11 is 1.05. The van der Waals surface area contributed by atoms with Gasteiger partial charge in [0.15, 0.2) is 0 Å². The summed E-state index contributed by atoms with van der Waals surface area (Å²) in [7, 11) is 1.57. The zero-order chi connectivity index (χ0) is 23.3. The Kier molecular flexibility index (Phi) is 7.14. The van der Waals surface area contributed by atoms with Gasteiger partial charge in [0.1, 0.15) is 15.6 Å². The number of carbonyl (C=O) groups excluding carboxylic acids is 2. The monoisotopic (exact) mass is 463 g/mol. The highest BCUT2D eigenvalue weighted by Gasteiger charge is 2.30. The highest BCUT2D eigenvalue weighted by molar-refractivity contribution is 7.17. The summed E-state index contributed by atoms with van der Waals surface area (Å²) in [6.45, 7) is 1.71. The van der Waals surface area contributed by atoms with Crippen molar-refractivity contribution in [3.8, 4) is 16.3 Å². The Bertz CT molecular complexity index is 1090. The van der Waals surface area contributed by atoms with E-state index in [4.69, 9.17) is 4.74 Å². The second-order valence-electron chi connectivity index (χ2n) is 6.82. The number of alkyl halides is 3. The van der Waals surface area contributed by atoms with E-state index < -0.39 is 17.6 Å². The van der Waals surface area contributed by atoms with E-state index in [1.165, 1.54) is 12.1 Å². The van der Waals surface area contributed by atoms with Gasteiger partial charge in [-0.05, 0) is 36.8 Å². The van der Waals surface area contributed by atoms with Crippen LogP contribution in [0.15, 0.2) is 48.5 Å². The number of methoxy groups -OCH3 is 1. The van der Waals surface area contributed by atoms with E-state index in [1.807, 2.05) is 12.1 Å². The van der Waals surface area contributed by atoms with Gasteiger partial charge in [0.25, 0.3) is 5.91 Å². The standard InChI is InChI=1S/C22H20F3N3O3S/c1-13-19(32-21(28-13)15-5-7-16(8-6-15)22(23,24)25)20(30)27-12-18(29)26-11-14-3-9-17(31-2)10-4-14/h3-10H,11-12H2,1-2H3,(H,26,29)(H,27,30). The summed E-state index contributed by atoms with van der Waals surface area (Å²) in [4.78, 5) is 29.1. The molecule has 2 aromatic carbocycles. The van der Waals surface area contributed by atoms with Crippen molar-refractivity contribution < 1.29 is 27.5 Å². The molecule has 0 fully saturated rings. The van der Waals surface area contributed by atoms with Crippen molar-refractivity contribution in [1.29, 1.82) is 0 Å². The van der Waals surface area contributed by atoms with Crippen LogP contribution in [0, 0.1) is 6.92 Å². The summed E-state index contributed by atoms with van der Waals surface area (Å²) < 4.78 is 43.2. The first-order valence-electron chi connectivity index (χ1n) is 9.50. The number of nitrogens with one attached hydrogen (secondary N) is 2. The zero-order valence-corrected chi connectivity index (χ0v) is 18.1. The summed E-state index contributed by atoms with van der Waals surface area (Å²) in [5, 5.41) is 5.67. The highest BCUT2D eigenvalue weighted by Crippen LogP contribution is 2.32. The molecule has 0 aliphatic heterocycles. The number of aryl methyl sites for hydroxylation is 1. The van der Waals surface area contributed by atoms with Crippen LogP contribution in [0.2, 0.25) is 0 Å². The number of nitrogens with zero attached hydrogens (tertiary/aromatic N) is 1. The Labute approximate surface area is 186 Å². The summed E-state index contributed by atoms with van der Waals surface area (Å²) in [6, 6.07) is 11.8. The Morgan fingerprint density at radius 2 is 1.69 bits per heavy atom. The lowest BCUT2D eigenvalue weighted by Crippen LogP contribution is -2.36. The van der Waals surface area contributed by atoms with Gasteiger partial charge in [0.2, 0.25) is 5.91 Å². The number of ether oxygens (including phenoxy) is 1. The number of benzene rings is 2. The Morgan fingerprint density at radius 3 is 2.28 bits per heavy atom. The quantitative estimate of drug-likeness (QED) is 0.551. The second kappa shape index (κ2) is 9.82. The van der Waals surface area contributed by atoms with Crippen LogP contribution in [0.4, 0.5) is 13.2 Å². The Balaban J connectivity index is 1.56. The first kappa shape index (κ1) is 23.3. The third-order valence-corrected chi connectivity index (χ3v) is 5.73. The molecular weight excluding hydrogens is 443 g/mol. The van der Waals surface area contributed by atoms with Gasteiger partial charge in [-0.2, -0.15) is 13.2 Å². The smallest absolute Gasteiger partial charge is 0.416 e. The lowest BCUT2D eigenvalue weighted by Gasteiger charge is -2.07. The highest BCUT2D eigenvalue weighted by atomic mass is 32.1. The molecule has 0 bridgehead atoms. The summed E-state index contributed by atoms with van der Waals surface area (Å²) in [6.07, 6.45) is -4.42. The fraction of sp³-hybridized carbons (Fsp3) is 0.227. The van der Waals surface area contributed by atoms with Crippen LogP contribution >= 0.6 is 11.3 Å². The van der Waals surface area contributed by atoms with Crippen LogP contribution in [0.5, 0.6) is 5.75 Å². The van der Waals surface area contributed by atoms with Crippen molar-refractivity contribution in [2.24, 2.45) is 0 Å². The molecule has 2 amide bonds. The fourth-order valence-electron chi connectivity index (χ4n) is 2.78. The van der Waals surface area contributed by atoms with Gasteiger partial charge in [-0.1, -0.05) is 24.3 Å². The second-order valence-corrected chi connectivity index (χ2v) is 7.82. The zero-order valence-electron chi connectivity index (χ0n) is 17.2. The number of carbonyl (C=O) groups is 2. The molecule has 0 spiro atoms. The van der Waals surface area contributed by atoms with Gasteiger partial charge >= 0.3 is 6.18 Å². The topological polar surface area (TPSA) is 80.3 Å². The minimum atomic E-state index is -4.42. The largest absolute Gasteiger partial charge is 0.497 e. The van der Waals surface area contributed by atoms with Crippen LogP contribution in [0.25, 0.3) is 10.6 Å². The molecule has 0 radical (unpaired) electrons. The van der Waals surface area contributed by atoms with Gasteiger partial charge < -0.3 is 15.4 Å². The third-order valence-electron chi connectivity index (χ3n) is 4.52. The number of thiazole rings is 1. The molecule has 1 heterocycles. The van der Waals surface area contributed by atoms with Crippen LogP contribution < -0.4 is 15.4 Å². The van der Waals surface area contributed by atoms with E-state index in [0.717, 1.165) is 29.0 Å². The number of aromatic nitrogens is 1. The molecule has 6 nitrogen and oxygen atoms in total. The lowest BCUT2D eigenvalue weighted by atomic mass is 10.1. The minimum absolute atomic E-state index is 0.220. The molecular formula is C22H20F3N3O3S. The molecule has 0 unspecified atom stereocenters. The van der Waals surface area contributed by atoms with Gasteiger partial charge in [-0.15, -0.1) is 11.3 Å². The van der Waals surface area contributed by atoms with Gasteiger partial charge in [0.05, 0.1) is 24.9 Å². The van der Waals surface area contributed by atoms with Crippen molar-refractivity contribution in [1.82, 2.24) is 15.6 Å². The SMILES string of the molecule is COc1ccc(CNC(=O)CNC(=O)c2sc(-c3ccc(C(F)(F)F)cc3)nc2C)cc1. The first-order valence-corrected chi connectivity index (χ1v) is 10.3. The molecule has 32 heavy (non-hydrogen) atoms. The molecule has 0 saturated heterocycles. The minimum Gasteiger partial charge on any atom is -0.497 e. The average molecular weight is 463 g/mol. The number of hydrogen-bond donors (Lipinski definition) is 2. The van der Waals surface area contributed by atoms with Crippen molar-refractivity contribution in [3.05, 3.63) is 70.2 Å². The van der Waals surface area contributed by atoms with E-state index in [-0.39, 0.29) is 12.5 Å². The number of hydrogen-bond acceptors (Lipinski definition) is 5. The van der Waals surface area contributed by atoms with E-state index in [2.05, 4.69) is 15.6 Å². The van der Waals surface area contributed by atoms with E-state index in [0.29, 0.717) is 33.4 Å². The third kappa shape index (κ3) is 5.85. The molecule has 0 aliphatic rings. The van der Waals surface area contributed by atoms with E-state index >= 15 is 0 Å². The maximum Gasteiger partial charge on any atom is 0.416 e. The molecule has 3 aromatic rings. The van der Waals surface area contributed by atoms with Crippen molar-refractivity contribution in [2.45, 2.75) is 19.6 Å². The fourth-order valence-corrected chi connectivity index (χ4v) is 3.77. The van der Waals surface area contributed by atoms with Crippen LogP contribution in [-0.2, 0) is 17.5 Å². The lowest BCUT2D eigenvalue weighted by molar-refractivity contribution is -0.137. The molecule has 10 heteroatoms. The molecule has 0 atom stereocenters. The van der Waals surface area contributed by atoms with Gasteiger partial charge in [0, 0.05) is 12.1 Å². The molecule has 2 N–H and O–H groups in total. The van der Waals surface area contributed by atoms with Crippen molar-refractivity contribution in [2.75, 3.05) is 13.7 Å². The number of halogens is 3. The summed E-state index contributed by atoms with van der Waals surface area (Å²) in [5.41, 5.74) is 1.03. The first-order chi connectivity index (χ1) is 15.2. The molecule has 1 aromatic heterocycles. The summed E-state index contributed by atoms with van der Waals surface area (Å²) in [5.74, 6) is -0.125. The molecule has 0 saturated carbocycles. The molecule has 3 rings (SSSR count). The van der Waals surface area contributed by atoms with Gasteiger partial charge in [-0.3, -0.25) is 9.59 Å². The Morgan fingerprint density at radius 1 is 1.03 bits per heavy atom. The van der Waals surface area contributed by atoms with Crippen LogP contribution in [0.1, 0.15) is 26.5 Å². The average Bonchev–Trinajstić information content (AvgIpc) is 3.17. The number of rotatable bonds is 7. The predicted molar refractivity (Wildman–Crippen MR) is 114 cm³/mol. The van der Waals surface area contributed by atoms with Crippen molar-refractivity contribution in [3.63, 3.8) is 0 Å². The number of amides is 2. The molecule has 168 valence electrons. The predicted octanol–water partition coefficient (Wildman–Crippen LogP) is 4.19. The maximum absolute atomic E-state index is 12.7. The van der Waals surface area contributed by atoms with Crippen molar-refractivity contribution >= 4 is 23.2 Å². The Hall–Kier alpha value is -3.40. The van der Waals surface area contributed by atoms with E-state index in [1.54, 1.807) is 26.2 Å². The van der Waals surface area contributed by atoms with Crippen LogP contribution in [0.3, 0.4) is 0 Å². The van der Waals surface area contributed by atoms with E-state index in [9.17, 15) is 22.8 Å². The molecule has 0 aliphatic carbocycles. The van der Waals surface area contributed by atoms with Crippen LogP contribution in [-0.4, -0.2) is 30.5 Å². The maximum atomic E-state index is 12.7. The normalized spacial score (nSPS) is 11.2. The van der Waals surface area contributed by atoms with Gasteiger partial charge in [-0.25, -0.2) is 4.98 Å².